The second-order valence-electron chi connectivity index (χ2n) is 3.84. The molecular weight excluding hydrogens is 376 g/mol. The van der Waals surface area contributed by atoms with Gasteiger partial charge in [0.05, 0.1) is 17.7 Å². The second kappa shape index (κ2) is 9.69. The van der Waals surface area contributed by atoms with E-state index < -0.39 is 0 Å². The summed E-state index contributed by atoms with van der Waals surface area (Å²) in [5.41, 5.74) is 0. The highest BCUT2D eigenvalue weighted by atomic mass is 79.9. The van der Waals surface area contributed by atoms with Crippen molar-refractivity contribution in [2.24, 2.45) is 0 Å². The van der Waals surface area contributed by atoms with Gasteiger partial charge in [-0.05, 0) is 51.8 Å². The highest BCUT2D eigenvalue weighted by molar-refractivity contribution is 9.11. The van der Waals surface area contributed by atoms with Crippen molar-refractivity contribution in [3.8, 4) is 0 Å². The number of anilines is 1. The molecular formula is C13H20Br2N2O2. The standard InChI is InChI=1S/C13H20Br2N2O2/c1-3-18-7-5-17(6-8-19-4-2)13-12(15)9-11(14)10-16-13/h9-10H,3-8H2,1-2H3. The number of rotatable bonds is 9. The zero-order valence-corrected chi connectivity index (χ0v) is 14.5. The van der Waals surface area contributed by atoms with Crippen molar-refractivity contribution in [2.45, 2.75) is 13.8 Å². The lowest BCUT2D eigenvalue weighted by Crippen LogP contribution is -2.32. The van der Waals surface area contributed by atoms with E-state index in [2.05, 4.69) is 41.7 Å². The molecule has 0 aromatic carbocycles. The Morgan fingerprint density at radius 2 is 1.68 bits per heavy atom. The first kappa shape index (κ1) is 16.9. The monoisotopic (exact) mass is 394 g/mol. The lowest BCUT2D eigenvalue weighted by atomic mass is 10.4. The smallest absolute Gasteiger partial charge is 0.143 e. The fourth-order valence-electron chi connectivity index (χ4n) is 1.60. The van der Waals surface area contributed by atoms with E-state index in [1.165, 1.54) is 0 Å². The molecule has 0 bridgehead atoms. The summed E-state index contributed by atoms with van der Waals surface area (Å²) in [6, 6.07) is 2.00. The molecule has 0 aliphatic rings. The van der Waals surface area contributed by atoms with Crippen LogP contribution >= 0.6 is 31.9 Å². The number of aromatic nitrogens is 1. The SMILES string of the molecule is CCOCCN(CCOCC)c1ncc(Br)cc1Br. The second-order valence-corrected chi connectivity index (χ2v) is 5.61. The van der Waals surface area contributed by atoms with Crippen LogP contribution in [0, 0.1) is 0 Å². The molecule has 6 heteroatoms. The van der Waals surface area contributed by atoms with E-state index in [9.17, 15) is 0 Å². The van der Waals surface area contributed by atoms with Crippen LogP contribution in [-0.4, -0.2) is 44.5 Å². The number of hydrogen-bond acceptors (Lipinski definition) is 4. The van der Waals surface area contributed by atoms with Crippen molar-refractivity contribution in [3.63, 3.8) is 0 Å². The van der Waals surface area contributed by atoms with Gasteiger partial charge in [-0.1, -0.05) is 0 Å². The fraction of sp³-hybridized carbons (Fsp3) is 0.615. The predicted molar refractivity (Wildman–Crippen MR) is 84.8 cm³/mol. The van der Waals surface area contributed by atoms with Crippen molar-refractivity contribution < 1.29 is 9.47 Å². The molecule has 1 aromatic rings. The summed E-state index contributed by atoms with van der Waals surface area (Å²) in [4.78, 5) is 6.63. The third-order valence-electron chi connectivity index (χ3n) is 2.51. The van der Waals surface area contributed by atoms with Crippen LogP contribution in [0.4, 0.5) is 5.82 Å². The summed E-state index contributed by atoms with van der Waals surface area (Å²) in [6.45, 7) is 8.43. The molecule has 1 heterocycles. The first-order chi connectivity index (χ1) is 9.19. The molecule has 0 saturated carbocycles. The quantitative estimate of drug-likeness (QED) is 0.599. The fourth-order valence-corrected chi connectivity index (χ4v) is 2.84. The van der Waals surface area contributed by atoms with Crippen LogP contribution in [0.15, 0.2) is 21.2 Å². The van der Waals surface area contributed by atoms with Crippen LogP contribution in [0.3, 0.4) is 0 Å². The maximum absolute atomic E-state index is 5.42. The Morgan fingerprint density at radius 3 is 2.16 bits per heavy atom. The Morgan fingerprint density at radius 1 is 1.11 bits per heavy atom. The van der Waals surface area contributed by atoms with Crippen LogP contribution in [-0.2, 0) is 9.47 Å². The summed E-state index contributed by atoms with van der Waals surface area (Å²) in [7, 11) is 0. The number of ether oxygens (including phenoxy) is 2. The highest BCUT2D eigenvalue weighted by Crippen LogP contribution is 2.26. The van der Waals surface area contributed by atoms with Gasteiger partial charge in [-0.2, -0.15) is 0 Å². The predicted octanol–water partition coefficient (Wildman–Crippen LogP) is 3.49. The van der Waals surface area contributed by atoms with Crippen LogP contribution in [0.2, 0.25) is 0 Å². The lowest BCUT2D eigenvalue weighted by molar-refractivity contribution is 0.141. The molecule has 0 N–H and O–H groups in total. The van der Waals surface area contributed by atoms with E-state index >= 15 is 0 Å². The third kappa shape index (κ3) is 6.21. The number of hydrogen-bond donors (Lipinski definition) is 0. The largest absolute Gasteiger partial charge is 0.380 e. The maximum atomic E-state index is 5.42. The Kier molecular flexibility index (Phi) is 8.61. The molecule has 1 aromatic heterocycles. The van der Waals surface area contributed by atoms with Crippen LogP contribution < -0.4 is 4.90 Å². The highest BCUT2D eigenvalue weighted by Gasteiger charge is 2.12. The molecule has 0 radical (unpaired) electrons. The minimum Gasteiger partial charge on any atom is -0.380 e. The number of nitrogens with zero attached hydrogens (tertiary/aromatic N) is 2. The maximum Gasteiger partial charge on any atom is 0.143 e. The molecule has 0 aliphatic heterocycles. The van der Waals surface area contributed by atoms with E-state index in [1.807, 2.05) is 19.9 Å². The van der Waals surface area contributed by atoms with Gasteiger partial charge in [0.25, 0.3) is 0 Å². The van der Waals surface area contributed by atoms with Crippen molar-refractivity contribution in [1.82, 2.24) is 4.98 Å². The molecule has 0 saturated heterocycles. The van der Waals surface area contributed by atoms with E-state index in [0.29, 0.717) is 13.2 Å². The molecule has 1 rings (SSSR count). The first-order valence-electron chi connectivity index (χ1n) is 6.40. The Hall–Kier alpha value is -0.170. The molecule has 108 valence electrons. The minimum atomic E-state index is 0.687. The van der Waals surface area contributed by atoms with E-state index in [0.717, 1.165) is 41.1 Å². The van der Waals surface area contributed by atoms with Gasteiger partial charge in [0.2, 0.25) is 0 Å². The van der Waals surface area contributed by atoms with Crippen LogP contribution in [0.25, 0.3) is 0 Å². The molecule has 0 atom stereocenters. The zero-order chi connectivity index (χ0) is 14.1. The van der Waals surface area contributed by atoms with Gasteiger partial charge < -0.3 is 14.4 Å². The van der Waals surface area contributed by atoms with Gasteiger partial charge in [0, 0.05) is 37.0 Å². The Bertz CT molecular complexity index is 368. The lowest BCUT2D eigenvalue weighted by Gasteiger charge is -2.24. The Labute approximate surface area is 131 Å². The van der Waals surface area contributed by atoms with Gasteiger partial charge >= 0.3 is 0 Å². The molecule has 0 unspecified atom stereocenters. The number of pyridine rings is 1. The van der Waals surface area contributed by atoms with Gasteiger partial charge in [0.15, 0.2) is 0 Å². The topological polar surface area (TPSA) is 34.6 Å². The van der Waals surface area contributed by atoms with Crippen molar-refractivity contribution >= 4 is 37.7 Å². The third-order valence-corrected chi connectivity index (χ3v) is 3.52. The van der Waals surface area contributed by atoms with Crippen molar-refractivity contribution in [3.05, 3.63) is 21.2 Å². The summed E-state index contributed by atoms with van der Waals surface area (Å²) >= 11 is 6.96. The van der Waals surface area contributed by atoms with Crippen LogP contribution in [0.5, 0.6) is 0 Å². The molecule has 0 amide bonds. The molecule has 4 nitrogen and oxygen atoms in total. The molecule has 0 fully saturated rings. The molecule has 19 heavy (non-hydrogen) atoms. The molecule has 0 spiro atoms. The Balaban J connectivity index is 2.69. The summed E-state index contributed by atoms with van der Waals surface area (Å²) in [5.74, 6) is 0.919. The average Bonchev–Trinajstić information content (AvgIpc) is 2.38. The average molecular weight is 396 g/mol. The zero-order valence-electron chi connectivity index (χ0n) is 11.4. The minimum absolute atomic E-state index is 0.687. The summed E-state index contributed by atoms with van der Waals surface area (Å²) in [5, 5.41) is 0. The first-order valence-corrected chi connectivity index (χ1v) is 7.99. The van der Waals surface area contributed by atoms with Gasteiger partial charge in [-0.25, -0.2) is 4.98 Å². The van der Waals surface area contributed by atoms with Crippen molar-refractivity contribution in [2.75, 3.05) is 44.4 Å². The summed E-state index contributed by atoms with van der Waals surface area (Å²) < 4.78 is 12.8. The van der Waals surface area contributed by atoms with Gasteiger partial charge in [-0.3, -0.25) is 0 Å². The van der Waals surface area contributed by atoms with Gasteiger partial charge in [-0.15, -0.1) is 0 Å². The summed E-state index contributed by atoms with van der Waals surface area (Å²) in [6.07, 6.45) is 1.80. The van der Waals surface area contributed by atoms with Gasteiger partial charge in [0.1, 0.15) is 5.82 Å². The normalized spacial score (nSPS) is 10.7. The van der Waals surface area contributed by atoms with Crippen molar-refractivity contribution in [1.29, 1.82) is 0 Å². The van der Waals surface area contributed by atoms with E-state index in [-0.39, 0.29) is 0 Å². The number of halogens is 2. The molecule has 0 aliphatic carbocycles. The van der Waals surface area contributed by atoms with Crippen LogP contribution in [0.1, 0.15) is 13.8 Å². The van der Waals surface area contributed by atoms with E-state index in [1.54, 1.807) is 6.20 Å². The van der Waals surface area contributed by atoms with E-state index in [4.69, 9.17) is 9.47 Å².